The smallest absolute Gasteiger partial charge is 0.163 e. The molecule has 0 N–H and O–H groups in total. The number of para-hydroxylation sites is 1. The van der Waals surface area contributed by atoms with Crippen LogP contribution in [0.5, 0.6) is 0 Å². The zero-order valence-corrected chi connectivity index (χ0v) is 13.1. The first kappa shape index (κ1) is 13.7. The van der Waals surface area contributed by atoms with E-state index in [0.717, 1.165) is 16.9 Å². The van der Waals surface area contributed by atoms with E-state index >= 15 is 0 Å². The Morgan fingerprint density at radius 2 is 1.85 bits per heavy atom. The number of nitrogens with zero attached hydrogens (tertiary/aromatic N) is 4. The number of hydrogen-bond donors (Lipinski definition) is 0. The van der Waals surface area contributed by atoms with E-state index in [1.807, 2.05) is 18.5 Å². The van der Waals surface area contributed by atoms with E-state index in [1.165, 1.54) is 0 Å². The number of rotatable bonds is 2. The molecule has 2 heterocycles. The van der Waals surface area contributed by atoms with Crippen molar-refractivity contribution in [1.82, 2.24) is 19.3 Å². The number of fused-ring (bicyclic) bond motifs is 1. The van der Waals surface area contributed by atoms with Crippen molar-refractivity contribution in [2.45, 2.75) is 12.8 Å². The van der Waals surface area contributed by atoms with E-state index < -0.39 is 0 Å². The Morgan fingerprint density at radius 1 is 1.20 bits per heavy atom. The Bertz CT molecular complexity index is 783. The van der Waals surface area contributed by atoms with E-state index in [-0.39, 0.29) is 5.88 Å². The molecule has 0 aliphatic rings. The lowest BCUT2D eigenvalue weighted by Crippen LogP contribution is -2.05. The van der Waals surface area contributed by atoms with Gasteiger partial charge in [0.15, 0.2) is 5.65 Å². The summed E-state index contributed by atoms with van der Waals surface area (Å²) < 4.78 is 3.63. The summed E-state index contributed by atoms with van der Waals surface area (Å²) in [5.41, 5.74) is 3.15. The number of aromatic nitrogens is 4. The van der Waals surface area contributed by atoms with Gasteiger partial charge in [0, 0.05) is 7.05 Å². The van der Waals surface area contributed by atoms with Crippen molar-refractivity contribution in [2.24, 2.45) is 7.05 Å². The molecular formula is C13H11Cl3N4. The van der Waals surface area contributed by atoms with Gasteiger partial charge in [0.2, 0.25) is 0 Å². The number of aryl methyl sites for hydroxylation is 2. The minimum Gasteiger partial charge on any atom is -0.277 e. The van der Waals surface area contributed by atoms with Crippen LogP contribution < -0.4 is 0 Å². The summed E-state index contributed by atoms with van der Waals surface area (Å²) in [6.45, 7) is 1.91. The Labute approximate surface area is 130 Å². The normalized spacial score (nSPS) is 11.4. The number of benzene rings is 1. The van der Waals surface area contributed by atoms with Gasteiger partial charge in [-0.15, -0.1) is 11.6 Å². The second-order valence-electron chi connectivity index (χ2n) is 4.45. The average molecular weight is 330 g/mol. The van der Waals surface area contributed by atoms with Gasteiger partial charge in [0.05, 0.1) is 27.3 Å². The van der Waals surface area contributed by atoms with Crippen LogP contribution in [0.2, 0.25) is 10.0 Å². The van der Waals surface area contributed by atoms with Crippen LogP contribution in [-0.2, 0) is 12.9 Å². The molecule has 0 atom stereocenters. The Balaban J connectivity index is 2.46. The Kier molecular flexibility index (Phi) is 3.40. The Morgan fingerprint density at radius 3 is 2.45 bits per heavy atom. The molecule has 0 saturated heterocycles. The summed E-state index contributed by atoms with van der Waals surface area (Å²) in [4.78, 5) is 4.54. The highest BCUT2D eigenvalue weighted by atomic mass is 35.5. The zero-order valence-electron chi connectivity index (χ0n) is 10.9. The lowest BCUT2D eigenvalue weighted by atomic mass is 10.3. The number of halogens is 3. The molecule has 3 rings (SSSR count). The first-order valence-corrected chi connectivity index (χ1v) is 7.25. The third-order valence-electron chi connectivity index (χ3n) is 3.15. The SMILES string of the molecule is Cc1nn(C)c2c1nc(CCl)n2-c1c(Cl)cccc1Cl. The van der Waals surface area contributed by atoms with Crippen LogP contribution in [0, 0.1) is 6.92 Å². The standard InChI is InChI=1S/C13H11Cl3N4/c1-7-11-13(19(2)18-7)20(10(6-14)17-11)12-8(15)4-3-5-9(12)16/h3-5H,6H2,1-2H3. The van der Waals surface area contributed by atoms with Crippen molar-refractivity contribution >= 4 is 46.0 Å². The highest BCUT2D eigenvalue weighted by Crippen LogP contribution is 2.33. The average Bonchev–Trinajstić information content (AvgIpc) is 2.89. The molecule has 0 radical (unpaired) electrons. The van der Waals surface area contributed by atoms with Crippen LogP contribution in [0.3, 0.4) is 0 Å². The lowest BCUT2D eigenvalue weighted by Gasteiger charge is -2.12. The first-order chi connectivity index (χ1) is 9.54. The van der Waals surface area contributed by atoms with Crippen molar-refractivity contribution < 1.29 is 0 Å². The van der Waals surface area contributed by atoms with Crippen LogP contribution in [-0.4, -0.2) is 19.3 Å². The van der Waals surface area contributed by atoms with E-state index in [4.69, 9.17) is 34.8 Å². The molecule has 2 aromatic heterocycles. The maximum Gasteiger partial charge on any atom is 0.163 e. The van der Waals surface area contributed by atoms with Crippen LogP contribution in [0.1, 0.15) is 11.5 Å². The molecule has 7 heteroatoms. The maximum atomic E-state index is 6.30. The molecular weight excluding hydrogens is 319 g/mol. The van der Waals surface area contributed by atoms with Gasteiger partial charge in [-0.25, -0.2) is 9.67 Å². The largest absolute Gasteiger partial charge is 0.277 e. The molecule has 0 bridgehead atoms. The highest BCUT2D eigenvalue weighted by Gasteiger charge is 2.21. The Hall–Kier alpha value is -1.23. The maximum absolute atomic E-state index is 6.30. The van der Waals surface area contributed by atoms with Gasteiger partial charge in [0.25, 0.3) is 0 Å². The van der Waals surface area contributed by atoms with Crippen molar-refractivity contribution in [3.63, 3.8) is 0 Å². The fourth-order valence-electron chi connectivity index (χ4n) is 2.34. The second-order valence-corrected chi connectivity index (χ2v) is 5.53. The van der Waals surface area contributed by atoms with Gasteiger partial charge in [-0.3, -0.25) is 4.57 Å². The predicted molar refractivity (Wildman–Crippen MR) is 82.2 cm³/mol. The molecule has 0 fully saturated rings. The molecule has 0 amide bonds. The highest BCUT2D eigenvalue weighted by molar-refractivity contribution is 6.37. The van der Waals surface area contributed by atoms with E-state index in [2.05, 4.69) is 10.1 Å². The van der Waals surface area contributed by atoms with Crippen molar-refractivity contribution in [3.8, 4) is 5.69 Å². The van der Waals surface area contributed by atoms with Gasteiger partial charge >= 0.3 is 0 Å². The molecule has 3 aromatic rings. The topological polar surface area (TPSA) is 35.6 Å². The molecule has 0 aliphatic heterocycles. The van der Waals surface area contributed by atoms with Crippen LogP contribution in [0.25, 0.3) is 16.9 Å². The first-order valence-electron chi connectivity index (χ1n) is 5.96. The monoisotopic (exact) mass is 328 g/mol. The van der Waals surface area contributed by atoms with Crippen LogP contribution in [0.15, 0.2) is 18.2 Å². The van der Waals surface area contributed by atoms with Crippen LogP contribution in [0.4, 0.5) is 0 Å². The molecule has 0 spiro atoms. The van der Waals surface area contributed by atoms with Crippen LogP contribution >= 0.6 is 34.8 Å². The number of hydrogen-bond acceptors (Lipinski definition) is 2. The van der Waals surface area contributed by atoms with Gasteiger partial charge < -0.3 is 0 Å². The molecule has 104 valence electrons. The molecule has 1 aromatic carbocycles. The summed E-state index contributed by atoms with van der Waals surface area (Å²) in [6.07, 6.45) is 0. The van der Waals surface area contributed by atoms with Gasteiger partial charge in [-0.1, -0.05) is 29.3 Å². The fraction of sp³-hybridized carbons (Fsp3) is 0.231. The van der Waals surface area contributed by atoms with Crippen molar-refractivity contribution in [1.29, 1.82) is 0 Å². The summed E-state index contributed by atoms with van der Waals surface area (Å²) >= 11 is 18.6. The van der Waals surface area contributed by atoms with E-state index in [0.29, 0.717) is 21.6 Å². The lowest BCUT2D eigenvalue weighted by molar-refractivity contribution is 0.755. The van der Waals surface area contributed by atoms with E-state index in [9.17, 15) is 0 Å². The number of imidazole rings is 1. The van der Waals surface area contributed by atoms with Gasteiger partial charge in [-0.05, 0) is 19.1 Å². The van der Waals surface area contributed by atoms with Crippen molar-refractivity contribution in [2.75, 3.05) is 0 Å². The predicted octanol–water partition coefficient (Wildman–Crippen LogP) is 4.11. The fourth-order valence-corrected chi connectivity index (χ4v) is 3.09. The second kappa shape index (κ2) is 4.95. The summed E-state index contributed by atoms with van der Waals surface area (Å²) in [5.74, 6) is 0.947. The molecule has 4 nitrogen and oxygen atoms in total. The number of alkyl halides is 1. The zero-order chi connectivity index (χ0) is 14.4. The minimum atomic E-state index is 0.260. The molecule has 20 heavy (non-hydrogen) atoms. The summed E-state index contributed by atoms with van der Waals surface area (Å²) in [7, 11) is 1.86. The molecule has 0 aliphatic carbocycles. The quantitative estimate of drug-likeness (QED) is 0.663. The third kappa shape index (κ3) is 1.91. The minimum absolute atomic E-state index is 0.260. The van der Waals surface area contributed by atoms with Crippen molar-refractivity contribution in [3.05, 3.63) is 39.8 Å². The third-order valence-corrected chi connectivity index (χ3v) is 4.00. The molecule has 0 unspecified atom stereocenters. The van der Waals surface area contributed by atoms with Gasteiger partial charge in [-0.2, -0.15) is 5.10 Å². The summed E-state index contributed by atoms with van der Waals surface area (Å²) in [5, 5.41) is 5.46. The van der Waals surface area contributed by atoms with Gasteiger partial charge in [0.1, 0.15) is 11.3 Å². The summed E-state index contributed by atoms with van der Waals surface area (Å²) in [6, 6.07) is 5.38. The molecule has 0 saturated carbocycles. The van der Waals surface area contributed by atoms with E-state index in [1.54, 1.807) is 22.9 Å².